The predicted octanol–water partition coefficient (Wildman–Crippen LogP) is 4.73. The maximum absolute atomic E-state index is 13.4. The van der Waals surface area contributed by atoms with Gasteiger partial charge >= 0.3 is 0 Å². The highest BCUT2D eigenvalue weighted by Crippen LogP contribution is 2.39. The van der Waals surface area contributed by atoms with Crippen LogP contribution in [0.5, 0.6) is 5.88 Å². The Labute approximate surface area is 187 Å². The minimum atomic E-state index is -2.68. The number of ether oxygens (including phenoxy) is 1. The number of hydrogen-bond acceptors (Lipinski definition) is 4. The van der Waals surface area contributed by atoms with Crippen LogP contribution in [0.2, 0.25) is 0 Å². The zero-order valence-corrected chi connectivity index (χ0v) is 18.3. The molecule has 32 heavy (non-hydrogen) atoms. The SMILES string of the molecule is CC1C(c2ccccc2)CCCN1C(=O)c1ccc(N2CC(F)(F)C2)c(OCC2CC2)n1. The fraction of sp³-hybridized carbons (Fsp3) is 0.520. The van der Waals surface area contributed by atoms with Gasteiger partial charge in [-0.2, -0.15) is 0 Å². The topological polar surface area (TPSA) is 45.7 Å². The van der Waals surface area contributed by atoms with Crippen LogP contribution in [0.25, 0.3) is 0 Å². The van der Waals surface area contributed by atoms with E-state index in [2.05, 4.69) is 24.0 Å². The van der Waals surface area contributed by atoms with E-state index in [1.807, 2.05) is 23.1 Å². The van der Waals surface area contributed by atoms with Crippen LogP contribution in [0.1, 0.15) is 54.6 Å². The molecule has 2 aromatic rings. The van der Waals surface area contributed by atoms with Crippen LogP contribution in [-0.2, 0) is 0 Å². The number of carbonyl (C=O) groups excluding carboxylic acids is 1. The van der Waals surface area contributed by atoms with Crippen LogP contribution in [0.3, 0.4) is 0 Å². The molecule has 5 rings (SSSR count). The first kappa shape index (κ1) is 21.2. The van der Waals surface area contributed by atoms with Crippen molar-refractivity contribution in [1.29, 1.82) is 0 Å². The van der Waals surface area contributed by atoms with E-state index in [0.717, 1.165) is 25.7 Å². The van der Waals surface area contributed by atoms with Crippen LogP contribution in [0.15, 0.2) is 42.5 Å². The van der Waals surface area contributed by atoms with Gasteiger partial charge in [-0.15, -0.1) is 0 Å². The molecule has 7 heteroatoms. The Hall–Kier alpha value is -2.70. The first-order valence-electron chi connectivity index (χ1n) is 11.5. The van der Waals surface area contributed by atoms with E-state index in [1.165, 1.54) is 5.56 Å². The summed E-state index contributed by atoms with van der Waals surface area (Å²) in [6.07, 6.45) is 4.20. The van der Waals surface area contributed by atoms with Crippen molar-refractivity contribution in [2.75, 3.05) is 31.1 Å². The monoisotopic (exact) mass is 441 g/mol. The van der Waals surface area contributed by atoms with Gasteiger partial charge in [-0.3, -0.25) is 4.79 Å². The van der Waals surface area contributed by atoms with E-state index in [1.54, 1.807) is 17.0 Å². The molecule has 0 bridgehead atoms. The fourth-order valence-electron chi connectivity index (χ4n) is 4.79. The quantitative estimate of drug-likeness (QED) is 0.650. The third-order valence-electron chi connectivity index (χ3n) is 6.87. The van der Waals surface area contributed by atoms with Crippen molar-refractivity contribution in [3.63, 3.8) is 0 Å². The van der Waals surface area contributed by atoms with Crippen LogP contribution in [0.4, 0.5) is 14.5 Å². The van der Waals surface area contributed by atoms with Gasteiger partial charge in [-0.25, -0.2) is 13.8 Å². The molecule has 2 aliphatic heterocycles. The molecule has 1 aromatic carbocycles. The first-order chi connectivity index (χ1) is 15.4. The van der Waals surface area contributed by atoms with Gasteiger partial charge in [0.05, 0.1) is 19.7 Å². The van der Waals surface area contributed by atoms with E-state index in [-0.39, 0.29) is 31.0 Å². The van der Waals surface area contributed by atoms with E-state index >= 15 is 0 Å². The lowest BCUT2D eigenvalue weighted by atomic mass is 9.84. The first-order valence-corrected chi connectivity index (χ1v) is 11.5. The van der Waals surface area contributed by atoms with Gasteiger partial charge in [0.25, 0.3) is 11.8 Å². The summed E-state index contributed by atoms with van der Waals surface area (Å²) in [4.78, 5) is 21.4. The standard InChI is InChI=1S/C25H29F2N3O2/c1-17-20(19-6-3-2-4-7-19)8-5-13-30(17)24(31)21-11-12-22(29-15-25(26,27)16-29)23(28-21)32-14-18-9-10-18/h2-4,6-7,11-12,17-18,20H,5,8-10,13-16H2,1H3. The number of benzene rings is 1. The molecule has 0 radical (unpaired) electrons. The molecular weight excluding hydrogens is 412 g/mol. The Bertz CT molecular complexity index is 972. The Kier molecular flexibility index (Phi) is 5.51. The number of rotatable bonds is 6. The lowest BCUT2D eigenvalue weighted by Crippen LogP contribution is -2.56. The Morgan fingerprint density at radius 2 is 1.88 bits per heavy atom. The van der Waals surface area contributed by atoms with Crippen LogP contribution in [-0.4, -0.2) is 54.0 Å². The van der Waals surface area contributed by atoms with Crippen LogP contribution >= 0.6 is 0 Å². The number of nitrogens with zero attached hydrogens (tertiary/aromatic N) is 3. The third kappa shape index (κ3) is 4.30. The molecule has 1 aliphatic carbocycles. The molecule has 1 amide bonds. The van der Waals surface area contributed by atoms with Crippen molar-refractivity contribution in [3.8, 4) is 5.88 Å². The summed E-state index contributed by atoms with van der Waals surface area (Å²) in [5, 5.41) is 0. The van der Waals surface area contributed by atoms with Gasteiger partial charge < -0.3 is 14.5 Å². The molecule has 0 N–H and O–H groups in total. The fourth-order valence-corrected chi connectivity index (χ4v) is 4.79. The second-order valence-corrected chi connectivity index (χ2v) is 9.39. The number of anilines is 1. The maximum atomic E-state index is 13.4. The average Bonchev–Trinajstić information content (AvgIpc) is 3.61. The zero-order valence-electron chi connectivity index (χ0n) is 18.3. The normalized spacial score (nSPS) is 24.7. The second-order valence-electron chi connectivity index (χ2n) is 9.39. The summed E-state index contributed by atoms with van der Waals surface area (Å²) in [5.41, 5.74) is 2.10. The van der Waals surface area contributed by atoms with Crippen molar-refractivity contribution < 1.29 is 18.3 Å². The smallest absolute Gasteiger partial charge is 0.282 e. The number of alkyl halides is 2. The summed E-state index contributed by atoms with van der Waals surface area (Å²) >= 11 is 0. The number of aromatic nitrogens is 1. The van der Waals surface area contributed by atoms with E-state index < -0.39 is 5.92 Å². The summed E-state index contributed by atoms with van der Waals surface area (Å²) < 4.78 is 32.8. The third-order valence-corrected chi connectivity index (χ3v) is 6.87. The minimum absolute atomic E-state index is 0.0463. The lowest BCUT2D eigenvalue weighted by molar-refractivity contribution is -0.0265. The van der Waals surface area contributed by atoms with E-state index in [0.29, 0.717) is 36.3 Å². The molecular formula is C25H29F2N3O2. The molecule has 2 atom stereocenters. The molecule has 3 heterocycles. The number of piperidine rings is 1. The number of likely N-dealkylation sites (tertiary alicyclic amines) is 1. The highest BCUT2D eigenvalue weighted by molar-refractivity contribution is 5.93. The van der Waals surface area contributed by atoms with E-state index in [9.17, 15) is 13.6 Å². The summed E-state index contributed by atoms with van der Waals surface area (Å²) in [6.45, 7) is 2.60. The molecule has 3 aliphatic rings. The van der Waals surface area contributed by atoms with Gasteiger partial charge in [-0.05, 0) is 56.2 Å². The van der Waals surface area contributed by atoms with E-state index in [4.69, 9.17) is 4.74 Å². The lowest BCUT2D eigenvalue weighted by Gasteiger charge is -2.41. The second kappa shape index (κ2) is 8.34. The Morgan fingerprint density at radius 1 is 1.12 bits per heavy atom. The molecule has 1 saturated carbocycles. The van der Waals surface area contributed by atoms with Crippen molar-refractivity contribution >= 4 is 11.6 Å². The van der Waals surface area contributed by atoms with Crippen molar-refractivity contribution in [3.05, 3.63) is 53.7 Å². The summed E-state index contributed by atoms with van der Waals surface area (Å²) in [6, 6.07) is 13.7. The molecule has 0 spiro atoms. The number of pyridine rings is 1. The van der Waals surface area contributed by atoms with Gasteiger partial charge in [0.15, 0.2) is 0 Å². The Morgan fingerprint density at radius 3 is 2.56 bits per heavy atom. The van der Waals surface area contributed by atoms with Gasteiger partial charge in [0.2, 0.25) is 5.88 Å². The average molecular weight is 442 g/mol. The van der Waals surface area contributed by atoms with Gasteiger partial charge in [0, 0.05) is 18.5 Å². The van der Waals surface area contributed by atoms with Gasteiger partial charge in [0.1, 0.15) is 11.4 Å². The number of hydrogen-bond donors (Lipinski definition) is 0. The summed E-state index contributed by atoms with van der Waals surface area (Å²) in [5.74, 6) is -1.74. The number of carbonyl (C=O) groups is 1. The molecule has 1 aromatic heterocycles. The number of amides is 1. The van der Waals surface area contributed by atoms with Crippen molar-refractivity contribution in [2.24, 2.45) is 5.92 Å². The summed E-state index contributed by atoms with van der Waals surface area (Å²) in [7, 11) is 0. The molecule has 170 valence electrons. The maximum Gasteiger partial charge on any atom is 0.282 e. The largest absolute Gasteiger partial charge is 0.476 e. The van der Waals surface area contributed by atoms with Crippen LogP contribution in [0, 0.1) is 5.92 Å². The number of halogens is 2. The molecule has 2 unspecified atom stereocenters. The van der Waals surface area contributed by atoms with Crippen molar-refractivity contribution in [1.82, 2.24) is 9.88 Å². The minimum Gasteiger partial charge on any atom is -0.476 e. The zero-order chi connectivity index (χ0) is 22.3. The highest BCUT2D eigenvalue weighted by atomic mass is 19.3. The molecule has 5 nitrogen and oxygen atoms in total. The predicted molar refractivity (Wildman–Crippen MR) is 119 cm³/mol. The van der Waals surface area contributed by atoms with Crippen LogP contribution < -0.4 is 9.64 Å². The van der Waals surface area contributed by atoms with Crippen molar-refractivity contribution in [2.45, 2.75) is 50.5 Å². The highest BCUT2D eigenvalue weighted by Gasteiger charge is 2.45. The molecule has 3 fully saturated rings. The molecule has 2 saturated heterocycles. The Balaban J connectivity index is 1.37. The van der Waals surface area contributed by atoms with Gasteiger partial charge in [-0.1, -0.05) is 30.3 Å².